The van der Waals surface area contributed by atoms with Crippen LogP contribution in [0.1, 0.15) is 35.6 Å². The number of anilines is 1. The van der Waals surface area contributed by atoms with Crippen molar-refractivity contribution in [3.8, 4) is 5.75 Å². The maximum absolute atomic E-state index is 13.9. The molecule has 3 atom stereocenters. The Morgan fingerprint density at radius 3 is 2.50 bits per heavy atom. The minimum absolute atomic E-state index is 0.0703. The van der Waals surface area contributed by atoms with Gasteiger partial charge >= 0.3 is 4.87 Å². The third-order valence-electron chi connectivity index (χ3n) is 7.43. The summed E-state index contributed by atoms with van der Waals surface area (Å²) in [4.78, 5) is 61.7. The number of pyridine rings is 1. The predicted octanol–water partition coefficient (Wildman–Crippen LogP) is 3.12. The largest absolute Gasteiger partial charge is 0.497 e. The first-order chi connectivity index (χ1) is 18.5. The van der Waals surface area contributed by atoms with Crippen LogP contribution in [0.3, 0.4) is 0 Å². The number of ether oxygens (including phenoxy) is 1. The fourth-order valence-corrected chi connectivity index (χ4v) is 8.31. The van der Waals surface area contributed by atoms with Crippen molar-refractivity contribution < 1.29 is 19.1 Å². The number of carbonyl (C=O) groups is 3. The molecule has 0 spiro atoms. The average molecular weight is 551 g/mol. The minimum Gasteiger partial charge on any atom is -0.497 e. The van der Waals surface area contributed by atoms with Crippen LogP contribution in [-0.2, 0) is 20.9 Å². The van der Waals surface area contributed by atoms with Gasteiger partial charge in [0, 0.05) is 36.3 Å². The fraction of sp³-hybridized carbons (Fsp3) is 0.370. The van der Waals surface area contributed by atoms with Crippen molar-refractivity contribution in [1.29, 1.82) is 0 Å². The van der Waals surface area contributed by atoms with Gasteiger partial charge in [0.2, 0.25) is 17.7 Å². The van der Waals surface area contributed by atoms with Gasteiger partial charge in [0.1, 0.15) is 17.5 Å². The van der Waals surface area contributed by atoms with Crippen LogP contribution in [0.2, 0.25) is 0 Å². The number of aromatic nitrogens is 2. The molecule has 3 aromatic rings. The van der Waals surface area contributed by atoms with E-state index >= 15 is 0 Å². The Bertz CT molecular complexity index is 1450. The Labute approximate surface area is 227 Å². The van der Waals surface area contributed by atoms with Crippen LogP contribution >= 0.6 is 23.1 Å². The van der Waals surface area contributed by atoms with Gasteiger partial charge in [-0.3, -0.25) is 28.7 Å². The molecule has 0 saturated carbocycles. The quantitative estimate of drug-likeness (QED) is 0.450. The van der Waals surface area contributed by atoms with E-state index in [0.29, 0.717) is 34.4 Å². The maximum Gasteiger partial charge on any atom is 0.308 e. The number of amides is 3. The molecule has 2 saturated heterocycles. The number of benzene rings is 1. The van der Waals surface area contributed by atoms with E-state index in [0.717, 1.165) is 36.2 Å². The summed E-state index contributed by atoms with van der Waals surface area (Å²) in [5.74, 6) is -1.33. The number of nitrogens with zero attached hydrogens (tertiary/aromatic N) is 4. The number of carbonyl (C=O) groups excluding carboxylic acids is 3. The molecule has 3 aliphatic heterocycles. The smallest absolute Gasteiger partial charge is 0.308 e. The second-order valence-corrected chi connectivity index (χ2v) is 11.7. The lowest BCUT2D eigenvalue weighted by atomic mass is 9.84. The highest BCUT2D eigenvalue weighted by Crippen LogP contribution is 2.53. The third kappa shape index (κ3) is 4.14. The summed E-state index contributed by atoms with van der Waals surface area (Å²) in [7, 11) is 1.55. The van der Waals surface area contributed by atoms with Crippen LogP contribution in [0.5, 0.6) is 5.75 Å². The zero-order chi connectivity index (χ0) is 26.4. The van der Waals surface area contributed by atoms with Crippen LogP contribution in [0.15, 0.2) is 58.6 Å². The van der Waals surface area contributed by atoms with Gasteiger partial charge in [0.25, 0.3) is 0 Å². The number of methoxy groups -OCH3 is 1. The first-order valence-corrected chi connectivity index (χ1v) is 14.3. The first-order valence-electron chi connectivity index (χ1n) is 12.6. The summed E-state index contributed by atoms with van der Waals surface area (Å²) < 4.78 is 6.72. The molecule has 5 heterocycles. The standard InChI is InChI=1S/C27H26N4O5S2/c1-36-18-9-7-17(8-10-18)31-24(33)21-20(16-6-5-11-28-14-16)23-26(37-22(21)25(31)34)30(27(35)38-23)15-19(32)29-12-3-2-4-13-29/h5-11,14,20-22H,2-4,12-13,15H2,1H3. The Kier molecular flexibility index (Phi) is 6.56. The summed E-state index contributed by atoms with van der Waals surface area (Å²) >= 11 is 2.28. The van der Waals surface area contributed by atoms with Crippen LogP contribution in [-0.4, -0.2) is 57.6 Å². The normalized spacial score (nSPS) is 22.8. The van der Waals surface area contributed by atoms with E-state index in [1.54, 1.807) is 49.8 Å². The first kappa shape index (κ1) is 24.9. The lowest BCUT2D eigenvalue weighted by molar-refractivity contribution is -0.133. The highest BCUT2D eigenvalue weighted by Gasteiger charge is 2.57. The van der Waals surface area contributed by atoms with Crippen LogP contribution in [0, 0.1) is 5.92 Å². The predicted molar refractivity (Wildman–Crippen MR) is 144 cm³/mol. The van der Waals surface area contributed by atoms with E-state index in [4.69, 9.17) is 4.74 Å². The molecule has 6 rings (SSSR count). The van der Waals surface area contributed by atoms with Gasteiger partial charge in [-0.1, -0.05) is 29.2 Å². The number of rotatable bonds is 5. The van der Waals surface area contributed by atoms with Gasteiger partial charge in [-0.15, -0.1) is 0 Å². The maximum atomic E-state index is 13.9. The van der Waals surface area contributed by atoms with Crippen molar-refractivity contribution in [1.82, 2.24) is 14.5 Å². The van der Waals surface area contributed by atoms with Gasteiger partial charge in [-0.25, -0.2) is 4.90 Å². The van der Waals surface area contributed by atoms with Gasteiger partial charge in [0.15, 0.2) is 0 Å². The molecule has 196 valence electrons. The zero-order valence-corrected chi connectivity index (χ0v) is 22.4. The number of thiazole rings is 1. The van der Waals surface area contributed by atoms with Crippen molar-refractivity contribution in [3.63, 3.8) is 0 Å². The molecule has 38 heavy (non-hydrogen) atoms. The molecule has 3 amide bonds. The summed E-state index contributed by atoms with van der Waals surface area (Å²) in [6, 6.07) is 10.5. The summed E-state index contributed by atoms with van der Waals surface area (Å²) in [5.41, 5.74) is 1.24. The van der Waals surface area contributed by atoms with E-state index < -0.39 is 17.1 Å². The summed E-state index contributed by atoms with van der Waals surface area (Å²) in [6.07, 6.45) is 6.35. The van der Waals surface area contributed by atoms with Crippen LogP contribution in [0.25, 0.3) is 0 Å². The van der Waals surface area contributed by atoms with Gasteiger partial charge in [0.05, 0.1) is 23.7 Å². The van der Waals surface area contributed by atoms with Gasteiger partial charge in [-0.2, -0.15) is 0 Å². The second-order valence-electron chi connectivity index (χ2n) is 9.60. The van der Waals surface area contributed by atoms with Crippen LogP contribution < -0.4 is 14.5 Å². The number of hydrogen-bond donors (Lipinski definition) is 0. The van der Waals surface area contributed by atoms with E-state index in [1.165, 1.54) is 21.2 Å². The van der Waals surface area contributed by atoms with E-state index in [-0.39, 0.29) is 29.1 Å². The van der Waals surface area contributed by atoms with E-state index in [1.807, 2.05) is 11.0 Å². The lowest BCUT2D eigenvalue weighted by Gasteiger charge is -2.31. The minimum atomic E-state index is -0.729. The Hall–Kier alpha value is -3.44. The van der Waals surface area contributed by atoms with Gasteiger partial charge < -0.3 is 9.64 Å². The van der Waals surface area contributed by atoms with Crippen molar-refractivity contribution in [2.24, 2.45) is 5.92 Å². The highest BCUT2D eigenvalue weighted by atomic mass is 32.2. The fourth-order valence-electron chi connectivity index (χ4n) is 5.54. The Morgan fingerprint density at radius 2 is 1.82 bits per heavy atom. The molecule has 0 bridgehead atoms. The van der Waals surface area contributed by atoms with Crippen molar-refractivity contribution in [2.75, 3.05) is 25.1 Å². The molecular weight excluding hydrogens is 524 g/mol. The Balaban J connectivity index is 1.41. The molecule has 0 N–H and O–H groups in total. The molecule has 2 fully saturated rings. The summed E-state index contributed by atoms with van der Waals surface area (Å²) in [6.45, 7) is 1.32. The number of fused-ring (bicyclic) bond motifs is 2. The molecule has 11 heteroatoms. The molecule has 3 unspecified atom stereocenters. The number of hydrogen-bond acceptors (Lipinski definition) is 8. The molecule has 2 aromatic heterocycles. The molecular formula is C27H26N4O5S2. The molecule has 0 aliphatic carbocycles. The number of thioether (sulfide) groups is 1. The lowest BCUT2D eigenvalue weighted by Crippen LogP contribution is -2.39. The van der Waals surface area contributed by atoms with E-state index in [9.17, 15) is 19.2 Å². The van der Waals surface area contributed by atoms with Gasteiger partial charge in [-0.05, 0) is 55.2 Å². The SMILES string of the molecule is COc1ccc(N2C(=O)C3Sc4c(sc(=O)n4CC(=O)N4CCCCC4)C(c4cccnc4)C3C2=O)cc1. The van der Waals surface area contributed by atoms with E-state index in [2.05, 4.69) is 4.98 Å². The highest BCUT2D eigenvalue weighted by molar-refractivity contribution is 8.00. The molecule has 9 nitrogen and oxygen atoms in total. The van der Waals surface area contributed by atoms with Crippen molar-refractivity contribution in [2.45, 2.75) is 42.0 Å². The topological polar surface area (TPSA) is 102 Å². The van der Waals surface area contributed by atoms with Crippen LogP contribution in [0.4, 0.5) is 5.69 Å². The Morgan fingerprint density at radius 1 is 1.05 bits per heavy atom. The number of piperidine rings is 1. The molecule has 0 radical (unpaired) electrons. The monoisotopic (exact) mass is 550 g/mol. The number of imide groups is 1. The number of likely N-dealkylation sites (tertiary alicyclic amines) is 1. The van der Waals surface area contributed by atoms with Crippen molar-refractivity contribution >= 4 is 46.5 Å². The zero-order valence-electron chi connectivity index (χ0n) is 20.7. The average Bonchev–Trinajstić information content (AvgIpc) is 3.40. The molecule has 1 aromatic carbocycles. The molecule has 3 aliphatic rings. The van der Waals surface area contributed by atoms with Crippen molar-refractivity contribution in [3.05, 3.63) is 68.9 Å². The second kappa shape index (κ2) is 10.0. The summed E-state index contributed by atoms with van der Waals surface area (Å²) in [5, 5.41) is -0.133. The third-order valence-corrected chi connectivity index (χ3v) is 10.0.